The van der Waals surface area contributed by atoms with Crippen LogP contribution in [-0.4, -0.2) is 43.0 Å². The predicted molar refractivity (Wildman–Crippen MR) is 90.1 cm³/mol. The fourth-order valence-electron chi connectivity index (χ4n) is 3.05. The molecule has 7 nitrogen and oxygen atoms in total. The molecule has 24 heavy (non-hydrogen) atoms. The maximum atomic E-state index is 12.6. The standard InChI is InChI=1S/C16H21N3O4S/c1-10-8-19(9-11(2)22-10)24(20,21)18-13-5-6-14-15(7-13)23-16(17-14)12-3-4-12/h5-7,10-12,18H,3-4,8-9H2,1-2H3/t10-,11-/m1/s1. The second-order valence-corrected chi connectivity index (χ2v) is 8.36. The Morgan fingerprint density at radius 2 is 1.92 bits per heavy atom. The Kier molecular flexibility index (Phi) is 3.78. The average molecular weight is 351 g/mol. The van der Waals surface area contributed by atoms with E-state index in [9.17, 15) is 8.42 Å². The zero-order valence-electron chi connectivity index (χ0n) is 13.7. The molecule has 0 amide bonds. The molecule has 1 saturated heterocycles. The summed E-state index contributed by atoms with van der Waals surface area (Å²) in [6, 6.07) is 5.19. The van der Waals surface area contributed by atoms with Gasteiger partial charge in [-0.3, -0.25) is 4.72 Å². The van der Waals surface area contributed by atoms with Gasteiger partial charge >= 0.3 is 10.2 Å². The summed E-state index contributed by atoms with van der Waals surface area (Å²) in [6.45, 7) is 4.43. The number of nitrogens with zero attached hydrogens (tertiary/aromatic N) is 2. The molecule has 8 heteroatoms. The van der Waals surface area contributed by atoms with E-state index in [1.807, 2.05) is 13.8 Å². The van der Waals surface area contributed by atoms with Gasteiger partial charge in [-0.2, -0.15) is 12.7 Å². The zero-order chi connectivity index (χ0) is 16.9. The normalized spacial score (nSPS) is 25.9. The van der Waals surface area contributed by atoms with E-state index in [4.69, 9.17) is 9.15 Å². The van der Waals surface area contributed by atoms with E-state index in [0.717, 1.165) is 24.2 Å². The summed E-state index contributed by atoms with van der Waals surface area (Å²) in [5.41, 5.74) is 1.85. The largest absolute Gasteiger partial charge is 0.440 e. The van der Waals surface area contributed by atoms with Crippen LogP contribution in [0, 0.1) is 0 Å². The Balaban J connectivity index is 1.56. The maximum Gasteiger partial charge on any atom is 0.301 e. The van der Waals surface area contributed by atoms with Crippen LogP contribution in [0.4, 0.5) is 5.69 Å². The van der Waals surface area contributed by atoms with Crippen LogP contribution in [0.1, 0.15) is 38.5 Å². The molecule has 2 atom stereocenters. The zero-order valence-corrected chi connectivity index (χ0v) is 14.5. The fraction of sp³-hybridized carbons (Fsp3) is 0.562. The van der Waals surface area contributed by atoms with E-state index >= 15 is 0 Å². The number of oxazole rings is 1. The smallest absolute Gasteiger partial charge is 0.301 e. The number of morpholine rings is 1. The molecule has 2 heterocycles. The lowest BCUT2D eigenvalue weighted by Crippen LogP contribution is -2.49. The van der Waals surface area contributed by atoms with Crippen molar-refractivity contribution in [3.8, 4) is 0 Å². The van der Waals surface area contributed by atoms with E-state index in [-0.39, 0.29) is 12.2 Å². The first-order valence-electron chi connectivity index (χ1n) is 8.24. The number of rotatable bonds is 4. The highest BCUT2D eigenvalue weighted by molar-refractivity contribution is 7.90. The fourth-order valence-corrected chi connectivity index (χ4v) is 4.42. The van der Waals surface area contributed by atoms with Crippen molar-refractivity contribution in [3.05, 3.63) is 24.1 Å². The average Bonchev–Trinajstić information content (AvgIpc) is 3.26. The number of nitrogens with one attached hydrogen (secondary N) is 1. The molecule has 2 aromatic rings. The van der Waals surface area contributed by atoms with Crippen molar-refractivity contribution < 1.29 is 17.6 Å². The highest BCUT2D eigenvalue weighted by Crippen LogP contribution is 2.40. The van der Waals surface area contributed by atoms with Gasteiger partial charge in [-0.05, 0) is 38.8 Å². The molecule has 1 aliphatic heterocycles. The molecule has 2 aliphatic rings. The number of anilines is 1. The van der Waals surface area contributed by atoms with Gasteiger partial charge in [-0.15, -0.1) is 0 Å². The number of hydrogen-bond donors (Lipinski definition) is 1. The van der Waals surface area contributed by atoms with Crippen molar-refractivity contribution in [3.63, 3.8) is 0 Å². The highest BCUT2D eigenvalue weighted by Gasteiger charge is 2.31. The first-order valence-corrected chi connectivity index (χ1v) is 9.68. The molecular weight excluding hydrogens is 330 g/mol. The van der Waals surface area contributed by atoms with Crippen LogP contribution < -0.4 is 4.72 Å². The molecule has 1 N–H and O–H groups in total. The second-order valence-electron chi connectivity index (χ2n) is 6.69. The van der Waals surface area contributed by atoms with Crippen LogP contribution in [0.5, 0.6) is 0 Å². The van der Waals surface area contributed by atoms with Crippen molar-refractivity contribution in [1.29, 1.82) is 0 Å². The van der Waals surface area contributed by atoms with Gasteiger partial charge in [0.15, 0.2) is 11.5 Å². The third-order valence-corrected chi connectivity index (χ3v) is 5.78. The monoisotopic (exact) mass is 351 g/mol. The molecule has 4 rings (SSSR count). The van der Waals surface area contributed by atoms with Crippen molar-refractivity contribution in [1.82, 2.24) is 9.29 Å². The van der Waals surface area contributed by atoms with Crippen molar-refractivity contribution in [2.24, 2.45) is 0 Å². The van der Waals surface area contributed by atoms with Gasteiger partial charge in [-0.25, -0.2) is 4.98 Å². The SMILES string of the molecule is C[C@@H]1CN(S(=O)(=O)Nc2ccc3nc(C4CC4)oc3c2)C[C@@H](C)O1. The minimum absolute atomic E-state index is 0.122. The summed E-state index contributed by atoms with van der Waals surface area (Å²) < 4.78 is 40.6. The summed E-state index contributed by atoms with van der Waals surface area (Å²) in [5, 5.41) is 0. The summed E-state index contributed by atoms with van der Waals surface area (Å²) >= 11 is 0. The first-order chi connectivity index (χ1) is 11.4. The molecule has 1 aromatic carbocycles. The van der Waals surface area contributed by atoms with Gasteiger partial charge in [0.2, 0.25) is 0 Å². The lowest BCUT2D eigenvalue weighted by molar-refractivity contribution is -0.0439. The molecule has 1 aliphatic carbocycles. The van der Waals surface area contributed by atoms with E-state index in [0.29, 0.717) is 30.3 Å². The van der Waals surface area contributed by atoms with E-state index in [1.165, 1.54) is 4.31 Å². The minimum atomic E-state index is -3.63. The van der Waals surface area contributed by atoms with Crippen LogP contribution in [0.2, 0.25) is 0 Å². The summed E-state index contributed by atoms with van der Waals surface area (Å²) in [4.78, 5) is 4.45. The molecule has 0 radical (unpaired) electrons. The maximum absolute atomic E-state index is 12.6. The van der Waals surface area contributed by atoms with Crippen molar-refractivity contribution in [2.45, 2.75) is 44.8 Å². The summed E-state index contributed by atoms with van der Waals surface area (Å²) in [6.07, 6.45) is 1.98. The van der Waals surface area contributed by atoms with E-state index in [1.54, 1.807) is 18.2 Å². The van der Waals surface area contributed by atoms with Gasteiger partial charge in [-0.1, -0.05) is 0 Å². The van der Waals surface area contributed by atoms with Crippen LogP contribution in [0.25, 0.3) is 11.1 Å². The molecular formula is C16H21N3O4S. The molecule has 0 spiro atoms. The van der Waals surface area contributed by atoms with Gasteiger partial charge in [0.1, 0.15) is 5.52 Å². The lowest BCUT2D eigenvalue weighted by atomic mass is 10.3. The van der Waals surface area contributed by atoms with E-state index in [2.05, 4.69) is 9.71 Å². The quantitative estimate of drug-likeness (QED) is 0.915. The van der Waals surface area contributed by atoms with Crippen LogP contribution in [-0.2, 0) is 14.9 Å². The molecule has 0 bridgehead atoms. The van der Waals surface area contributed by atoms with Gasteiger partial charge in [0, 0.05) is 25.1 Å². The summed E-state index contributed by atoms with van der Waals surface area (Å²) in [7, 11) is -3.63. The Bertz CT molecular complexity index is 849. The van der Waals surface area contributed by atoms with Crippen LogP contribution in [0.3, 0.4) is 0 Å². The van der Waals surface area contributed by atoms with E-state index < -0.39 is 10.2 Å². The number of hydrogen-bond acceptors (Lipinski definition) is 5. The number of fused-ring (bicyclic) bond motifs is 1. The van der Waals surface area contributed by atoms with Gasteiger partial charge < -0.3 is 9.15 Å². The third kappa shape index (κ3) is 3.13. The van der Waals surface area contributed by atoms with Gasteiger partial charge in [0.05, 0.1) is 17.9 Å². The lowest BCUT2D eigenvalue weighted by Gasteiger charge is -2.34. The third-order valence-electron chi connectivity index (χ3n) is 4.30. The molecule has 130 valence electrons. The predicted octanol–water partition coefficient (Wildman–Crippen LogP) is 2.47. The van der Waals surface area contributed by atoms with Crippen molar-refractivity contribution >= 4 is 27.0 Å². The van der Waals surface area contributed by atoms with Crippen LogP contribution >= 0.6 is 0 Å². The topological polar surface area (TPSA) is 84.7 Å². The summed E-state index contributed by atoms with van der Waals surface area (Å²) in [5.74, 6) is 1.18. The molecule has 1 saturated carbocycles. The number of aromatic nitrogens is 1. The Morgan fingerprint density at radius 1 is 1.21 bits per heavy atom. The number of ether oxygens (including phenoxy) is 1. The molecule has 0 unspecified atom stereocenters. The van der Waals surface area contributed by atoms with Crippen LogP contribution in [0.15, 0.2) is 22.6 Å². The molecule has 2 fully saturated rings. The number of benzene rings is 1. The highest BCUT2D eigenvalue weighted by atomic mass is 32.2. The first kappa shape index (κ1) is 15.9. The second kappa shape index (κ2) is 5.72. The Labute approximate surface area is 141 Å². The Morgan fingerprint density at radius 3 is 2.58 bits per heavy atom. The van der Waals surface area contributed by atoms with Crippen molar-refractivity contribution in [2.75, 3.05) is 17.8 Å². The van der Waals surface area contributed by atoms with Gasteiger partial charge in [0.25, 0.3) is 0 Å². The Hall–Kier alpha value is -1.64. The minimum Gasteiger partial charge on any atom is -0.440 e. The molecule has 1 aromatic heterocycles.